The fraction of sp³-hybridized carbons (Fsp3) is 0.750. The molecule has 0 aliphatic carbocycles. The number of alkyl halides is 3. The quantitative estimate of drug-likeness (QED) is 0.438. The van der Waals surface area contributed by atoms with E-state index in [1.807, 2.05) is 0 Å². The molecule has 0 spiro atoms. The molecule has 16 heavy (non-hydrogen) atoms. The third-order valence-corrected chi connectivity index (χ3v) is 2.18. The van der Waals surface area contributed by atoms with E-state index < -0.39 is 12.6 Å². The van der Waals surface area contributed by atoms with Gasteiger partial charge in [0.05, 0.1) is 12.5 Å². The highest BCUT2D eigenvalue weighted by Gasteiger charge is 2.24. The topological polar surface area (TPSA) is 23.8 Å². The molecule has 92 valence electrons. The zero-order valence-corrected chi connectivity index (χ0v) is 9.39. The summed E-state index contributed by atoms with van der Waals surface area (Å²) in [6.07, 6.45) is 4.21. The molecule has 0 amide bonds. The van der Waals surface area contributed by atoms with Gasteiger partial charge in [0.2, 0.25) is 0 Å². The summed E-state index contributed by atoms with van der Waals surface area (Å²) in [4.78, 5) is 0. The lowest BCUT2D eigenvalue weighted by Gasteiger charge is -2.00. The molecule has 0 unspecified atom stereocenters. The van der Waals surface area contributed by atoms with Crippen molar-refractivity contribution in [3.8, 4) is 6.07 Å². The van der Waals surface area contributed by atoms with Gasteiger partial charge in [-0.3, -0.25) is 0 Å². The number of unbranched alkanes of at least 4 members (excludes halogenated alkanes) is 6. The van der Waals surface area contributed by atoms with Gasteiger partial charge in [-0.15, -0.1) is 0 Å². The van der Waals surface area contributed by atoms with Gasteiger partial charge in [-0.25, -0.2) is 0 Å². The lowest BCUT2D eigenvalue weighted by molar-refractivity contribution is -0.125. The lowest BCUT2D eigenvalue weighted by atomic mass is 10.1. The summed E-state index contributed by atoms with van der Waals surface area (Å²) in [5.41, 5.74) is 0. The summed E-state index contributed by atoms with van der Waals surface area (Å²) in [5, 5.41) is 8.28. The first kappa shape index (κ1) is 15.0. The highest BCUT2D eigenvalue weighted by molar-refractivity contribution is 4.83. The van der Waals surface area contributed by atoms with Gasteiger partial charge < -0.3 is 0 Å². The van der Waals surface area contributed by atoms with Crippen LogP contribution in [0.25, 0.3) is 0 Å². The summed E-state index contributed by atoms with van der Waals surface area (Å²) in [6.45, 7) is 0. The summed E-state index contributed by atoms with van der Waals surface area (Å²) in [7, 11) is 0. The van der Waals surface area contributed by atoms with E-state index in [2.05, 4.69) is 6.07 Å². The standard InChI is InChI=1S/C12H18F3N/c13-12(14,15)10-8-6-4-2-1-3-5-7-9-11-16/h6,8H,1-5,7,9-10H2/b8-6+. The lowest BCUT2D eigenvalue weighted by Crippen LogP contribution is -2.03. The molecular formula is C12H18F3N. The molecule has 0 aliphatic rings. The van der Waals surface area contributed by atoms with E-state index in [4.69, 9.17) is 5.26 Å². The van der Waals surface area contributed by atoms with Crippen LogP contribution >= 0.6 is 0 Å². The van der Waals surface area contributed by atoms with Crippen molar-refractivity contribution in [2.24, 2.45) is 0 Å². The number of hydrogen-bond donors (Lipinski definition) is 0. The molecule has 0 radical (unpaired) electrons. The van der Waals surface area contributed by atoms with E-state index in [1.165, 1.54) is 6.08 Å². The Morgan fingerprint density at radius 2 is 1.56 bits per heavy atom. The van der Waals surface area contributed by atoms with E-state index in [0.29, 0.717) is 12.8 Å². The number of halogens is 3. The highest BCUT2D eigenvalue weighted by atomic mass is 19.4. The van der Waals surface area contributed by atoms with Crippen molar-refractivity contribution in [2.75, 3.05) is 0 Å². The van der Waals surface area contributed by atoms with Gasteiger partial charge >= 0.3 is 6.18 Å². The molecular weight excluding hydrogens is 215 g/mol. The summed E-state index contributed by atoms with van der Waals surface area (Å²) >= 11 is 0. The van der Waals surface area contributed by atoms with E-state index in [1.54, 1.807) is 6.08 Å². The van der Waals surface area contributed by atoms with Crippen molar-refractivity contribution in [2.45, 2.75) is 57.5 Å². The molecule has 0 saturated heterocycles. The van der Waals surface area contributed by atoms with Gasteiger partial charge in [0.15, 0.2) is 0 Å². The van der Waals surface area contributed by atoms with Crippen LogP contribution in [-0.4, -0.2) is 6.18 Å². The van der Waals surface area contributed by atoms with E-state index in [0.717, 1.165) is 32.1 Å². The minimum absolute atomic E-state index is 0.603. The van der Waals surface area contributed by atoms with Crippen LogP contribution in [0.1, 0.15) is 51.4 Å². The fourth-order valence-electron chi connectivity index (χ4n) is 1.33. The molecule has 0 rings (SSSR count). The average Bonchev–Trinajstić information content (AvgIpc) is 2.19. The number of nitriles is 1. The van der Waals surface area contributed by atoms with Crippen molar-refractivity contribution in [3.63, 3.8) is 0 Å². The summed E-state index contributed by atoms with van der Waals surface area (Å²) in [6, 6.07) is 2.08. The van der Waals surface area contributed by atoms with Gasteiger partial charge in [0, 0.05) is 6.42 Å². The molecule has 0 aromatic heterocycles. The van der Waals surface area contributed by atoms with Crippen LogP contribution in [-0.2, 0) is 0 Å². The molecule has 0 fully saturated rings. The zero-order valence-electron chi connectivity index (χ0n) is 9.39. The Labute approximate surface area is 95.0 Å². The Balaban J connectivity index is 3.18. The summed E-state index contributed by atoms with van der Waals surface area (Å²) < 4.78 is 35.2. The SMILES string of the molecule is N#CCCCCCCC/C=C/CC(F)(F)F. The maximum atomic E-state index is 11.7. The smallest absolute Gasteiger partial charge is 0.198 e. The van der Waals surface area contributed by atoms with Gasteiger partial charge in [0.1, 0.15) is 0 Å². The molecule has 0 aromatic carbocycles. The Morgan fingerprint density at radius 1 is 0.938 bits per heavy atom. The third-order valence-electron chi connectivity index (χ3n) is 2.18. The average molecular weight is 233 g/mol. The summed E-state index contributed by atoms with van der Waals surface area (Å²) in [5.74, 6) is 0. The minimum Gasteiger partial charge on any atom is -0.198 e. The number of allylic oxidation sites excluding steroid dienone is 2. The van der Waals surface area contributed by atoms with E-state index in [9.17, 15) is 13.2 Å². The van der Waals surface area contributed by atoms with Gasteiger partial charge in [0.25, 0.3) is 0 Å². The molecule has 1 nitrogen and oxygen atoms in total. The first-order chi connectivity index (χ1) is 7.56. The second kappa shape index (κ2) is 9.26. The Kier molecular flexibility index (Phi) is 8.69. The van der Waals surface area contributed by atoms with Gasteiger partial charge in [-0.2, -0.15) is 18.4 Å². The zero-order chi connectivity index (χ0) is 12.3. The van der Waals surface area contributed by atoms with Gasteiger partial charge in [-0.1, -0.05) is 31.4 Å². The van der Waals surface area contributed by atoms with Crippen LogP contribution in [0.3, 0.4) is 0 Å². The Morgan fingerprint density at radius 3 is 2.19 bits per heavy atom. The first-order valence-electron chi connectivity index (χ1n) is 5.65. The molecule has 0 aliphatic heterocycles. The number of rotatable bonds is 8. The maximum absolute atomic E-state index is 11.7. The van der Waals surface area contributed by atoms with Crippen LogP contribution in [0, 0.1) is 11.3 Å². The van der Waals surface area contributed by atoms with Crippen molar-refractivity contribution in [3.05, 3.63) is 12.2 Å². The van der Waals surface area contributed by atoms with Crippen LogP contribution < -0.4 is 0 Å². The maximum Gasteiger partial charge on any atom is 0.392 e. The molecule has 4 heteroatoms. The Bertz CT molecular complexity index is 225. The minimum atomic E-state index is -4.08. The van der Waals surface area contributed by atoms with Crippen molar-refractivity contribution in [1.82, 2.24) is 0 Å². The van der Waals surface area contributed by atoms with Crippen molar-refractivity contribution >= 4 is 0 Å². The largest absolute Gasteiger partial charge is 0.392 e. The molecule has 0 heterocycles. The molecule has 0 atom stereocenters. The second-order valence-corrected chi connectivity index (χ2v) is 3.76. The highest BCUT2D eigenvalue weighted by Crippen LogP contribution is 2.19. The van der Waals surface area contributed by atoms with Crippen LogP contribution in [0.2, 0.25) is 0 Å². The molecule has 0 bridgehead atoms. The van der Waals surface area contributed by atoms with E-state index in [-0.39, 0.29) is 0 Å². The number of hydrogen-bond acceptors (Lipinski definition) is 1. The second-order valence-electron chi connectivity index (χ2n) is 3.76. The molecule has 0 aromatic rings. The molecule has 0 saturated carbocycles. The fourth-order valence-corrected chi connectivity index (χ4v) is 1.33. The van der Waals surface area contributed by atoms with Crippen molar-refractivity contribution in [1.29, 1.82) is 5.26 Å². The Hall–Kier alpha value is -0.980. The number of nitrogens with zero attached hydrogens (tertiary/aromatic N) is 1. The van der Waals surface area contributed by atoms with Gasteiger partial charge in [-0.05, 0) is 19.3 Å². The normalized spacial score (nSPS) is 11.9. The third kappa shape index (κ3) is 13.0. The monoisotopic (exact) mass is 233 g/mol. The van der Waals surface area contributed by atoms with Crippen LogP contribution in [0.4, 0.5) is 13.2 Å². The van der Waals surface area contributed by atoms with Crippen molar-refractivity contribution < 1.29 is 13.2 Å². The van der Waals surface area contributed by atoms with Crippen LogP contribution in [0.15, 0.2) is 12.2 Å². The van der Waals surface area contributed by atoms with E-state index >= 15 is 0 Å². The predicted octanol–water partition coefficient (Wildman–Crippen LogP) is 4.75. The first-order valence-corrected chi connectivity index (χ1v) is 5.65. The predicted molar refractivity (Wildman–Crippen MR) is 57.7 cm³/mol. The molecule has 0 N–H and O–H groups in total. The van der Waals surface area contributed by atoms with Crippen LogP contribution in [0.5, 0.6) is 0 Å².